The highest BCUT2D eigenvalue weighted by Gasteiger charge is 2.12. The first-order valence-corrected chi connectivity index (χ1v) is 7.46. The summed E-state index contributed by atoms with van der Waals surface area (Å²) in [4.78, 5) is 13.1. The Hall–Kier alpha value is -2.27. The van der Waals surface area contributed by atoms with Crippen LogP contribution in [0, 0.1) is 6.92 Å². The van der Waals surface area contributed by atoms with Gasteiger partial charge in [-0.25, -0.2) is 0 Å². The quantitative estimate of drug-likeness (QED) is 0.817. The lowest BCUT2D eigenvalue weighted by Gasteiger charge is -2.12. The molecule has 2 aromatic rings. The van der Waals surface area contributed by atoms with E-state index < -0.39 is 0 Å². The molecule has 5 heteroatoms. The largest absolute Gasteiger partial charge is 0.494 e. The van der Waals surface area contributed by atoms with E-state index >= 15 is 0 Å². The predicted octanol–water partition coefficient (Wildman–Crippen LogP) is 1.64. The number of benzene rings is 1. The summed E-state index contributed by atoms with van der Waals surface area (Å²) in [6, 6.07) is 11.3. The average molecular weight is 303 g/mol. The molecule has 0 radical (unpaired) electrons. The topological polar surface area (TPSA) is 55.9 Å². The number of quaternary nitrogens is 1. The monoisotopic (exact) mass is 303 g/mol. The summed E-state index contributed by atoms with van der Waals surface area (Å²) in [5.74, 6) is 2.56. The van der Waals surface area contributed by atoms with Crippen LogP contribution >= 0.6 is 0 Å². The summed E-state index contributed by atoms with van der Waals surface area (Å²) >= 11 is 0. The van der Waals surface area contributed by atoms with Crippen molar-refractivity contribution >= 4 is 11.6 Å². The summed E-state index contributed by atoms with van der Waals surface area (Å²) in [6.07, 6.45) is 0. The van der Waals surface area contributed by atoms with Crippen molar-refractivity contribution < 1.29 is 18.8 Å². The van der Waals surface area contributed by atoms with Crippen LogP contribution in [0.2, 0.25) is 0 Å². The van der Waals surface area contributed by atoms with Crippen LogP contribution in [0.1, 0.15) is 18.4 Å². The third-order valence-corrected chi connectivity index (χ3v) is 3.18. The van der Waals surface area contributed by atoms with Crippen LogP contribution in [0.5, 0.6) is 5.75 Å². The van der Waals surface area contributed by atoms with E-state index in [1.165, 1.54) is 0 Å². The highest BCUT2D eigenvalue weighted by atomic mass is 16.5. The molecule has 1 amide bonds. The van der Waals surface area contributed by atoms with E-state index in [-0.39, 0.29) is 5.91 Å². The Balaban J connectivity index is 1.81. The fourth-order valence-corrected chi connectivity index (χ4v) is 2.22. The molecule has 1 aromatic heterocycles. The van der Waals surface area contributed by atoms with Crippen molar-refractivity contribution in [2.75, 3.05) is 25.5 Å². The summed E-state index contributed by atoms with van der Waals surface area (Å²) in [6.45, 7) is 5.55. The molecule has 1 heterocycles. The molecule has 0 aliphatic heterocycles. The minimum absolute atomic E-state index is 0.0232. The van der Waals surface area contributed by atoms with Gasteiger partial charge < -0.3 is 19.4 Å². The Morgan fingerprint density at radius 2 is 1.95 bits per heavy atom. The lowest BCUT2D eigenvalue weighted by Crippen LogP contribution is -3.08. The number of amides is 1. The van der Waals surface area contributed by atoms with Crippen LogP contribution in [-0.4, -0.2) is 26.1 Å². The number of likely N-dealkylation sites (N-methyl/N-ethyl adjacent to an activating group) is 1. The van der Waals surface area contributed by atoms with Crippen molar-refractivity contribution in [2.24, 2.45) is 0 Å². The molecule has 1 atom stereocenters. The van der Waals surface area contributed by atoms with Crippen molar-refractivity contribution in [3.05, 3.63) is 47.9 Å². The molecule has 22 heavy (non-hydrogen) atoms. The van der Waals surface area contributed by atoms with E-state index in [1.807, 2.05) is 57.3 Å². The van der Waals surface area contributed by atoms with Gasteiger partial charge in [-0.2, -0.15) is 0 Å². The molecule has 0 aliphatic carbocycles. The van der Waals surface area contributed by atoms with Crippen LogP contribution in [0.3, 0.4) is 0 Å². The Morgan fingerprint density at radius 3 is 2.55 bits per heavy atom. The maximum absolute atomic E-state index is 12.0. The first kappa shape index (κ1) is 16.1. The predicted molar refractivity (Wildman–Crippen MR) is 85.1 cm³/mol. The third kappa shape index (κ3) is 4.93. The molecule has 0 bridgehead atoms. The molecular weight excluding hydrogens is 280 g/mol. The molecule has 1 unspecified atom stereocenters. The van der Waals surface area contributed by atoms with Crippen LogP contribution in [0.4, 0.5) is 5.69 Å². The Bertz CT molecular complexity index is 605. The standard InChI is InChI=1S/C17H22N2O3/c1-4-21-15-9-6-14(7-10-15)18-17(20)12-19(3)11-16-8-5-13(2)22-16/h5-10H,4,11-12H2,1-3H3,(H,18,20)/p+1. The lowest BCUT2D eigenvalue weighted by molar-refractivity contribution is -0.886. The molecule has 2 rings (SSSR count). The lowest BCUT2D eigenvalue weighted by atomic mass is 10.3. The molecule has 5 nitrogen and oxygen atoms in total. The van der Waals surface area contributed by atoms with Crippen molar-refractivity contribution in [3.8, 4) is 5.75 Å². The van der Waals surface area contributed by atoms with E-state index in [0.717, 1.165) is 27.9 Å². The number of carbonyl (C=O) groups is 1. The van der Waals surface area contributed by atoms with Crippen molar-refractivity contribution in [2.45, 2.75) is 20.4 Å². The maximum Gasteiger partial charge on any atom is 0.279 e. The molecule has 2 N–H and O–H groups in total. The fourth-order valence-electron chi connectivity index (χ4n) is 2.22. The van der Waals surface area contributed by atoms with Gasteiger partial charge in [-0.1, -0.05) is 0 Å². The Labute approximate surface area is 130 Å². The van der Waals surface area contributed by atoms with E-state index in [2.05, 4.69) is 5.32 Å². The highest BCUT2D eigenvalue weighted by molar-refractivity contribution is 5.91. The normalized spacial score (nSPS) is 12.0. The SMILES string of the molecule is CCOc1ccc(NC(=O)C[NH+](C)Cc2ccc(C)o2)cc1. The van der Waals surface area contributed by atoms with Crippen molar-refractivity contribution in [3.63, 3.8) is 0 Å². The zero-order chi connectivity index (χ0) is 15.9. The Morgan fingerprint density at radius 1 is 1.23 bits per heavy atom. The summed E-state index contributed by atoms with van der Waals surface area (Å²) in [5.41, 5.74) is 0.773. The molecule has 0 saturated heterocycles. The fraction of sp³-hybridized carbons (Fsp3) is 0.353. The third-order valence-electron chi connectivity index (χ3n) is 3.18. The van der Waals surface area contributed by atoms with Gasteiger partial charge in [0.15, 0.2) is 12.3 Å². The van der Waals surface area contributed by atoms with Gasteiger partial charge in [-0.05, 0) is 50.2 Å². The van der Waals surface area contributed by atoms with Gasteiger partial charge in [0, 0.05) is 5.69 Å². The van der Waals surface area contributed by atoms with Gasteiger partial charge in [0.05, 0.1) is 13.7 Å². The molecule has 1 aromatic carbocycles. The van der Waals surface area contributed by atoms with Gasteiger partial charge in [0.25, 0.3) is 5.91 Å². The minimum Gasteiger partial charge on any atom is -0.494 e. The van der Waals surface area contributed by atoms with Gasteiger partial charge >= 0.3 is 0 Å². The smallest absolute Gasteiger partial charge is 0.279 e. The number of hydrogen-bond donors (Lipinski definition) is 2. The number of aryl methyl sites for hydroxylation is 1. The highest BCUT2D eigenvalue weighted by Crippen LogP contribution is 2.15. The summed E-state index contributed by atoms with van der Waals surface area (Å²) < 4.78 is 10.9. The number of hydrogen-bond acceptors (Lipinski definition) is 3. The molecule has 0 fully saturated rings. The Kier molecular flexibility index (Phi) is 5.61. The second kappa shape index (κ2) is 7.66. The number of ether oxygens (including phenoxy) is 1. The molecular formula is C17H23N2O3+. The summed E-state index contributed by atoms with van der Waals surface area (Å²) in [7, 11) is 1.97. The van der Waals surface area contributed by atoms with Gasteiger partial charge in [-0.15, -0.1) is 0 Å². The number of rotatable bonds is 7. The number of anilines is 1. The zero-order valence-electron chi connectivity index (χ0n) is 13.3. The average Bonchev–Trinajstić information content (AvgIpc) is 2.86. The second-order valence-electron chi connectivity index (χ2n) is 5.33. The summed E-state index contributed by atoms with van der Waals surface area (Å²) in [5, 5.41) is 2.89. The van der Waals surface area contributed by atoms with Gasteiger partial charge in [0.1, 0.15) is 18.1 Å². The van der Waals surface area contributed by atoms with E-state index in [1.54, 1.807) is 0 Å². The second-order valence-corrected chi connectivity index (χ2v) is 5.33. The van der Waals surface area contributed by atoms with Gasteiger partial charge in [-0.3, -0.25) is 4.79 Å². The van der Waals surface area contributed by atoms with Gasteiger partial charge in [0.2, 0.25) is 0 Å². The van der Waals surface area contributed by atoms with Crippen LogP contribution in [0.15, 0.2) is 40.8 Å². The van der Waals surface area contributed by atoms with Crippen LogP contribution < -0.4 is 15.0 Å². The maximum atomic E-state index is 12.0. The van der Waals surface area contributed by atoms with Crippen LogP contribution in [0.25, 0.3) is 0 Å². The number of furan rings is 1. The van der Waals surface area contributed by atoms with Crippen molar-refractivity contribution in [1.82, 2.24) is 0 Å². The first-order chi connectivity index (χ1) is 10.6. The van der Waals surface area contributed by atoms with E-state index in [4.69, 9.17) is 9.15 Å². The molecule has 0 saturated carbocycles. The van der Waals surface area contributed by atoms with Crippen molar-refractivity contribution in [1.29, 1.82) is 0 Å². The van der Waals surface area contributed by atoms with E-state index in [0.29, 0.717) is 19.7 Å². The molecule has 0 spiro atoms. The zero-order valence-corrected chi connectivity index (χ0v) is 13.3. The van der Waals surface area contributed by atoms with Crippen LogP contribution in [-0.2, 0) is 11.3 Å². The molecule has 118 valence electrons. The molecule has 0 aliphatic rings. The van der Waals surface area contributed by atoms with E-state index in [9.17, 15) is 4.79 Å². The first-order valence-electron chi connectivity index (χ1n) is 7.46. The number of nitrogens with one attached hydrogen (secondary N) is 2. The number of carbonyl (C=O) groups excluding carboxylic acids is 1. The minimum atomic E-state index is -0.0232.